The Hall–Kier alpha value is -1.59. The van der Waals surface area contributed by atoms with Gasteiger partial charge in [0.05, 0.1) is 13.2 Å². The zero-order valence-corrected chi connectivity index (χ0v) is 11.8. The molecule has 0 saturated carbocycles. The summed E-state index contributed by atoms with van der Waals surface area (Å²) in [5.74, 6) is 0.987. The number of nitrogens with two attached hydrogens (primary N) is 1. The minimum Gasteiger partial charge on any atom is -0.494 e. The Balaban J connectivity index is 1.69. The molecule has 110 valence electrons. The molecule has 1 aromatic carbocycles. The lowest BCUT2D eigenvalue weighted by Gasteiger charge is -2.18. The maximum Gasteiger partial charge on any atom is 0.234 e. The van der Waals surface area contributed by atoms with Crippen LogP contribution in [0.2, 0.25) is 0 Å². The van der Waals surface area contributed by atoms with Gasteiger partial charge in [0.25, 0.3) is 0 Å². The van der Waals surface area contributed by atoms with Crippen LogP contribution in [0.4, 0.5) is 0 Å². The predicted molar refractivity (Wildman–Crippen MR) is 78.5 cm³/mol. The monoisotopic (exact) mass is 277 g/mol. The number of benzene rings is 1. The number of carbonyl (C=O) groups is 1. The van der Waals surface area contributed by atoms with Gasteiger partial charge in [-0.15, -0.1) is 0 Å². The van der Waals surface area contributed by atoms with E-state index in [0.29, 0.717) is 19.7 Å². The van der Waals surface area contributed by atoms with Crippen molar-refractivity contribution in [3.8, 4) is 5.75 Å². The highest BCUT2D eigenvalue weighted by Crippen LogP contribution is 2.13. The van der Waals surface area contributed by atoms with Crippen molar-refractivity contribution in [1.82, 2.24) is 10.2 Å². The van der Waals surface area contributed by atoms with Gasteiger partial charge in [-0.3, -0.25) is 9.69 Å². The van der Waals surface area contributed by atoms with Crippen LogP contribution in [0, 0.1) is 0 Å². The van der Waals surface area contributed by atoms with Gasteiger partial charge in [-0.05, 0) is 30.5 Å². The maximum absolute atomic E-state index is 11.4. The van der Waals surface area contributed by atoms with Crippen LogP contribution in [-0.2, 0) is 11.3 Å². The highest BCUT2D eigenvalue weighted by atomic mass is 16.5. The first kappa shape index (κ1) is 14.8. The van der Waals surface area contributed by atoms with Crippen molar-refractivity contribution in [3.63, 3.8) is 0 Å². The van der Waals surface area contributed by atoms with E-state index in [-0.39, 0.29) is 5.91 Å². The summed E-state index contributed by atoms with van der Waals surface area (Å²) >= 11 is 0. The molecule has 0 unspecified atom stereocenters. The van der Waals surface area contributed by atoms with Crippen LogP contribution in [0.1, 0.15) is 18.4 Å². The molecule has 0 aliphatic carbocycles. The van der Waals surface area contributed by atoms with E-state index in [2.05, 4.69) is 10.2 Å². The lowest BCUT2D eigenvalue weighted by Crippen LogP contribution is -2.34. The summed E-state index contributed by atoms with van der Waals surface area (Å²) in [7, 11) is 0. The van der Waals surface area contributed by atoms with Crippen molar-refractivity contribution in [2.24, 2.45) is 5.73 Å². The molecular weight excluding hydrogens is 254 g/mol. The number of carbonyl (C=O) groups excluding carboxylic acids is 1. The summed E-state index contributed by atoms with van der Waals surface area (Å²) in [6, 6.07) is 7.86. The summed E-state index contributed by atoms with van der Waals surface area (Å²) in [6.45, 7) is 4.35. The van der Waals surface area contributed by atoms with Crippen molar-refractivity contribution in [2.45, 2.75) is 19.4 Å². The summed E-state index contributed by atoms with van der Waals surface area (Å²) in [6.07, 6.45) is 1.94. The standard InChI is InChI=1S/C15H23N3O2/c16-11-13-4-1-5-14(10-13)20-9-3-8-18-7-2-6-17-15(19)12-18/h1,4-5,10H,2-3,6-9,11-12,16H2,(H,17,19). The van der Waals surface area contributed by atoms with E-state index in [4.69, 9.17) is 10.5 Å². The number of ether oxygens (including phenoxy) is 1. The summed E-state index contributed by atoms with van der Waals surface area (Å²) in [5.41, 5.74) is 6.67. The molecule has 0 aromatic heterocycles. The first-order valence-corrected chi connectivity index (χ1v) is 7.19. The number of rotatable bonds is 6. The predicted octanol–water partition coefficient (Wildman–Crippen LogP) is 0.736. The molecular formula is C15H23N3O2. The van der Waals surface area contributed by atoms with Gasteiger partial charge in [0.1, 0.15) is 5.75 Å². The second-order valence-corrected chi connectivity index (χ2v) is 5.03. The largest absolute Gasteiger partial charge is 0.494 e. The van der Waals surface area contributed by atoms with Crippen molar-refractivity contribution in [2.75, 3.05) is 32.8 Å². The van der Waals surface area contributed by atoms with Gasteiger partial charge in [-0.2, -0.15) is 0 Å². The zero-order valence-electron chi connectivity index (χ0n) is 11.8. The second kappa shape index (κ2) is 7.87. The molecule has 5 heteroatoms. The van der Waals surface area contributed by atoms with Gasteiger partial charge in [0, 0.05) is 26.2 Å². The third-order valence-electron chi connectivity index (χ3n) is 3.36. The number of nitrogens with zero attached hydrogens (tertiary/aromatic N) is 1. The molecule has 0 radical (unpaired) electrons. The molecule has 0 atom stereocenters. The molecule has 1 heterocycles. The molecule has 2 rings (SSSR count). The third kappa shape index (κ3) is 4.83. The van der Waals surface area contributed by atoms with Crippen molar-refractivity contribution >= 4 is 5.91 Å². The van der Waals surface area contributed by atoms with Gasteiger partial charge in [0.15, 0.2) is 0 Å². The van der Waals surface area contributed by atoms with Crippen LogP contribution in [0.15, 0.2) is 24.3 Å². The van der Waals surface area contributed by atoms with Crippen LogP contribution in [0.5, 0.6) is 5.75 Å². The molecule has 1 aromatic rings. The van der Waals surface area contributed by atoms with E-state index in [1.54, 1.807) is 0 Å². The number of amides is 1. The summed E-state index contributed by atoms with van der Waals surface area (Å²) in [4.78, 5) is 13.6. The van der Waals surface area contributed by atoms with E-state index >= 15 is 0 Å². The molecule has 1 fully saturated rings. The highest BCUT2D eigenvalue weighted by molar-refractivity contribution is 5.78. The Morgan fingerprint density at radius 1 is 1.40 bits per heavy atom. The van der Waals surface area contributed by atoms with Gasteiger partial charge < -0.3 is 15.8 Å². The number of hydrogen-bond donors (Lipinski definition) is 2. The lowest BCUT2D eigenvalue weighted by atomic mass is 10.2. The molecule has 0 bridgehead atoms. The van der Waals surface area contributed by atoms with Crippen LogP contribution in [0.3, 0.4) is 0 Å². The molecule has 1 aliphatic heterocycles. The lowest BCUT2D eigenvalue weighted by molar-refractivity contribution is -0.121. The Kier molecular flexibility index (Phi) is 5.83. The normalized spacial score (nSPS) is 16.6. The van der Waals surface area contributed by atoms with Gasteiger partial charge >= 0.3 is 0 Å². The van der Waals surface area contributed by atoms with E-state index in [9.17, 15) is 4.79 Å². The molecule has 0 spiro atoms. The molecule has 1 amide bonds. The molecule has 1 aliphatic rings. The zero-order chi connectivity index (χ0) is 14.2. The number of hydrogen-bond acceptors (Lipinski definition) is 4. The summed E-state index contributed by atoms with van der Waals surface area (Å²) < 4.78 is 5.71. The van der Waals surface area contributed by atoms with E-state index in [1.807, 2.05) is 24.3 Å². The average Bonchev–Trinajstić information content (AvgIpc) is 2.68. The Bertz CT molecular complexity index is 437. The second-order valence-electron chi connectivity index (χ2n) is 5.03. The topological polar surface area (TPSA) is 67.6 Å². The first-order chi connectivity index (χ1) is 9.78. The average molecular weight is 277 g/mol. The molecule has 1 saturated heterocycles. The Labute approximate surface area is 120 Å². The molecule has 20 heavy (non-hydrogen) atoms. The molecule has 5 nitrogen and oxygen atoms in total. The van der Waals surface area contributed by atoms with Crippen LogP contribution in [0.25, 0.3) is 0 Å². The van der Waals surface area contributed by atoms with Gasteiger partial charge in [-0.1, -0.05) is 12.1 Å². The Morgan fingerprint density at radius 2 is 2.30 bits per heavy atom. The van der Waals surface area contributed by atoms with Crippen molar-refractivity contribution in [1.29, 1.82) is 0 Å². The van der Waals surface area contributed by atoms with Crippen molar-refractivity contribution in [3.05, 3.63) is 29.8 Å². The fraction of sp³-hybridized carbons (Fsp3) is 0.533. The van der Waals surface area contributed by atoms with Crippen LogP contribution < -0.4 is 15.8 Å². The highest BCUT2D eigenvalue weighted by Gasteiger charge is 2.13. The third-order valence-corrected chi connectivity index (χ3v) is 3.36. The van der Waals surface area contributed by atoms with Crippen LogP contribution >= 0.6 is 0 Å². The SMILES string of the molecule is NCc1cccc(OCCCN2CCCNC(=O)C2)c1. The summed E-state index contributed by atoms with van der Waals surface area (Å²) in [5, 5.41) is 2.88. The van der Waals surface area contributed by atoms with E-state index in [1.165, 1.54) is 0 Å². The van der Waals surface area contributed by atoms with Gasteiger partial charge in [-0.25, -0.2) is 0 Å². The number of nitrogens with one attached hydrogen (secondary N) is 1. The quantitative estimate of drug-likeness (QED) is 0.753. The van der Waals surface area contributed by atoms with Crippen LogP contribution in [-0.4, -0.2) is 43.6 Å². The minimum atomic E-state index is 0.124. The van der Waals surface area contributed by atoms with Gasteiger partial charge in [0.2, 0.25) is 5.91 Å². The minimum absolute atomic E-state index is 0.124. The molecule has 3 N–H and O–H groups in total. The van der Waals surface area contributed by atoms with E-state index in [0.717, 1.165) is 43.8 Å². The fourth-order valence-corrected chi connectivity index (χ4v) is 2.30. The fourth-order valence-electron chi connectivity index (χ4n) is 2.30. The maximum atomic E-state index is 11.4. The first-order valence-electron chi connectivity index (χ1n) is 7.19. The van der Waals surface area contributed by atoms with Crippen molar-refractivity contribution < 1.29 is 9.53 Å². The Morgan fingerprint density at radius 3 is 3.15 bits per heavy atom. The smallest absolute Gasteiger partial charge is 0.234 e. The van der Waals surface area contributed by atoms with E-state index < -0.39 is 0 Å².